The monoisotopic (exact) mass is 246 g/mol. The summed E-state index contributed by atoms with van der Waals surface area (Å²) >= 11 is 1.32. The lowest BCUT2D eigenvalue weighted by molar-refractivity contribution is 0.475. The van der Waals surface area contributed by atoms with E-state index in [9.17, 15) is 9.50 Å². The third-order valence-corrected chi connectivity index (χ3v) is 3.37. The highest BCUT2D eigenvalue weighted by atomic mass is 32.1. The zero-order chi connectivity index (χ0) is 11.8. The Morgan fingerprint density at radius 2 is 2.12 bits per heavy atom. The standard InChI is InChI=1S/C12H7FN2OS/c13-7-3-4-10(16)8(6-7)11-15-9-2-1-5-14-12(9)17-11/h1-6,16H. The molecular formula is C12H7FN2OS. The zero-order valence-corrected chi connectivity index (χ0v) is 9.41. The van der Waals surface area contributed by atoms with Crippen molar-refractivity contribution in [3.05, 3.63) is 42.3 Å². The number of rotatable bonds is 1. The smallest absolute Gasteiger partial charge is 0.143 e. The lowest BCUT2D eigenvalue weighted by Gasteiger charge is -1.99. The first-order valence-corrected chi connectivity index (χ1v) is 5.76. The molecule has 0 aliphatic heterocycles. The van der Waals surface area contributed by atoms with Crippen LogP contribution in [0.5, 0.6) is 5.75 Å². The fourth-order valence-corrected chi connectivity index (χ4v) is 2.50. The molecule has 0 spiro atoms. The molecule has 3 rings (SSSR count). The molecule has 0 saturated heterocycles. The minimum atomic E-state index is -0.398. The molecule has 1 N–H and O–H groups in total. The Kier molecular flexibility index (Phi) is 2.26. The van der Waals surface area contributed by atoms with Crippen LogP contribution in [0.2, 0.25) is 0 Å². The van der Waals surface area contributed by atoms with E-state index in [1.165, 1.54) is 29.5 Å². The number of hydrogen-bond acceptors (Lipinski definition) is 4. The Balaban J connectivity index is 2.23. The van der Waals surface area contributed by atoms with Crippen molar-refractivity contribution >= 4 is 21.7 Å². The number of benzene rings is 1. The quantitative estimate of drug-likeness (QED) is 0.717. The minimum absolute atomic E-state index is 0.0189. The predicted molar refractivity (Wildman–Crippen MR) is 64.5 cm³/mol. The number of thiazole rings is 1. The summed E-state index contributed by atoms with van der Waals surface area (Å²) in [6, 6.07) is 7.43. The summed E-state index contributed by atoms with van der Waals surface area (Å²) in [7, 11) is 0. The van der Waals surface area contributed by atoms with Crippen LogP contribution >= 0.6 is 11.3 Å². The molecule has 5 heteroatoms. The van der Waals surface area contributed by atoms with E-state index in [0.717, 1.165) is 10.3 Å². The molecule has 0 saturated carbocycles. The van der Waals surface area contributed by atoms with Crippen molar-refractivity contribution in [3.8, 4) is 16.3 Å². The fourth-order valence-electron chi connectivity index (χ4n) is 1.56. The van der Waals surface area contributed by atoms with Crippen LogP contribution in [0.15, 0.2) is 36.5 Å². The summed E-state index contributed by atoms with van der Waals surface area (Å²) < 4.78 is 13.1. The van der Waals surface area contributed by atoms with Gasteiger partial charge in [-0.25, -0.2) is 14.4 Å². The summed E-state index contributed by atoms with van der Waals surface area (Å²) in [6.45, 7) is 0. The lowest BCUT2D eigenvalue weighted by atomic mass is 10.2. The molecule has 1 aromatic carbocycles. The van der Waals surface area contributed by atoms with Gasteiger partial charge in [0.2, 0.25) is 0 Å². The van der Waals surface area contributed by atoms with Gasteiger partial charge in [0.05, 0.1) is 5.56 Å². The van der Waals surface area contributed by atoms with Gasteiger partial charge < -0.3 is 5.11 Å². The van der Waals surface area contributed by atoms with E-state index in [0.29, 0.717) is 10.6 Å². The van der Waals surface area contributed by atoms with Crippen LogP contribution in [-0.2, 0) is 0 Å². The Hall–Kier alpha value is -2.01. The average molecular weight is 246 g/mol. The third-order valence-electron chi connectivity index (χ3n) is 2.36. The summed E-state index contributed by atoms with van der Waals surface area (Å²) in [5.74, 6) is -0.379. The Labute approximate surface area is 100 Å². The maximum absolute atomic E-state index is 13.1. The Bertz CT molecular complexity index is 663. The second-order valence-electron chi connectivity index (χ2n) is 3.51. The molecule has 2 heterocycles. The molecule has 0 aliphatic carbocycles. The maximum atomic E-state index is 13.1. The van der Waals surface area contributed by atoms with Crippen molar-refractivity contribution < 1.29 is 9.50 Å². The number of pyridine rings is 1. The van der Waals surface area contributed by atoms with Crippen LogP contribution in [0.1, 0.15) is 0 Å². The van der Waals surface area contributed by atoms with E-state index < -0.39 is 5.82 Å². The van der Waals surface area contributed by atoms with Crippen molar-refractivity contribution in [2.45, 2.75) is 0 Å². The molecule has 0 atom stereocenters. The van der Waals surface area contributed by atoms with E-state index in [1.807, 2.05) is 6.07 Å². The van der Waals surface area contributed by atoms with E-state index >= 15 is 0 Å². The number of phenols is 1. The highest BCUT2D eigenvalue weighted by Crippen LogP contribution is 2.34. The first-order chi connectivity index (χ1) is 8.24. The minimum Gasteiger partial charge on any atom is -0.507 e. The normalized spacial score (nSPS) is 10.9. The SMILES string of the molecule is Oc1ccc(F)cc1-c1nc2cccnc2s1. The van der Waals surface area contributed by atoms with Crippen molar-refractivity contribution in [2.75, 3.05) is 0 Å². The maximum Gasteiger partial charge on any atom is 0.143 e. The lowest BCUT2D eigenvalue weighted by Crippen LogP contribution is -1.80. The average Bonchev–Trinajstić information content (AvgIpc) is 2.75. The van der Waals surface area contributed by atoms with Crippen molar-refractivity contribution in [2.24, 2.45) is 0 Å². The fraction of sp³-hybridized carbons (Fsp3) is 0. The Morgan fingerprint density at radius 1 is 1.24 bits per heavy atom. The second kappa shape index (κ2) is 3.78. The highest BCUT2D eigenvalue weighted by molar-refractivity contribution is 7.21. The molecule has 0 bridgehead atoms. The molecule has 0 amide bonds. The van der Waals surface area contributed by atoms with Crippen LogP contribution in [0, 0.1) is 5.82 Å². The van der Waals surface area contributed by atoms with Crippen LogP contribution in [0.3, 0.4) is 0 Å². The summed E-state index contributed by atoms with van der Waals surface area (Å²) in [6.07, 6.45) is 1.68. The molecule has 0 aliphatic rings. The number of aromatic hydroxyl groups is 1. The van der Waals surface area contributed by atoms with E-state index in [2.05, 4.69) is 9.97 Å². The molecule has 17 heavy (non-hydrogen) atoms. The molecular weight excluding hydrogens is 239 g/mol. The molecule has 3 nitrogen and oxygen atoms in total. The first kappa shape index (κ1) is 10.2. The number of phenolic OH excluding ortho intramolecular Hbond substituents is 1. The number of fused-ring (bicyclic) bond motifs is 1. The Morgan fingerprint density at radius 3 is 2.94 bits per heavy atom. The topological polar surface area (TPSA) is 46.0 Å². The van der Waals surface area contributed by atoms with Gasteiger partial charge in [-0.3, -0.25) is 0 Å². The predicted octanol–water partition coefficient (Wildman–Crippen LogP) is 3.20. The van der Waals surface area contributed by atoms with Gasteiger partial charge in [-0.1, -0.05) is 11.3 Å². The number of halogens is 1. The first-order valence-electron chi connectivity index (χ1n) is 4.94. The van der Waals surface area contributed by atoms with Gasteiger partial charge in [0.15, 0.2) is 0 Å². The van der Waals surface area contributed by atoms with Gasteiger partial charge in [-0.05, 0) is 30.3 Å². The number of aromatic nitrogens is 2. The van der Waals surface area contributed by atoms with Gasteiger partial charge in [0.1, 0.15) is 26.9 Å². The largest absolute Gasteiger partial charge is 0.507 e. The van der Waals surface area contributed by atoms with E-state index in [4.69, 9.17) is 0 Å². The van der Waals surface area contributed by atoms with Crippen molar-refractivity contribution in [3.63, 3.8) is 0 Å². The molecule has 0 fully saturated rings. The summed E-state index contributed by atoms with van der Waals surface area (Å²) in [5.41, 5.74) is 1.14. The molecule has 0 radical (unpaired) electrons. The van der Waals surface area contributed by atoms with Gasteiger partial charge in [-0.2, -0.15) is 0 Å². The van der Waals surface area contributed by atoms with Gasteiger partial charge in [-0.15, -0.1) is 0 Å². The molecule has 84 valence electrons. The number of hydrogen-bond donors (Lipinski definition) is 1. The van der Waals surface area contributed by atoms with Crippen LogP contribution in [0.4, 0.5) is 4.39 Å². The van der Waals surface area contributed by atoms with Crippen molar-refractivity contribution in [1.29, 1.82) is 0 Å². The number of nitrogens with zero attached hydrogens (tertiary/aromatic N) is 2. The zero-order valence-electron chi connectivity index (χ0n) is 8.59. The van der Waals surface area contributed by atoms with Gasteiger partial charge >= 0.3 is 0 Å². The molecule has 3 aromatic rings. The van der Waals surface area contributed by atoms with Crippen LogP contribution in [-0.4, -0.2) is 15.1 Å². The molecule has 2 aromatic heterocycles. The highest BCUT2D eigenvalue weighted by Gasteiger charge is 2.11. The third kappa shape index (κ3) is 1.74. The second-order valence-corrected chi connectivity index (χ2v) is 4.49. The van der Waals surface area contributed by atoms with Crippen molar-refractivity contribution in [1.82, 2.24) is 9.97 Å². The summed E-state index contributed by atoms with van der Waals surface area (Å²) in [5, 5.41) is 10.3. The molecule has 0 unspecified atom stereocenters. The van der Waals surface area contributed by atoms with Crippen LogP contribution < -0.4 is 0 Å². The van der Waals surface area contributed by atoms with Gasteiger partial charge in [0.25, 0.3) is 0 Å². The van der Waals surface area contributed by atoms with E-state index in [1.54, 1.807) is 12.3 Å². The van der Waals surface area contributed by atoms with Gasteiger partial charge in [0, 0.05) is 6.20 Å². The summed E-state index contributed by atoms with van der Waals surface area (Å²) in [4.78, 5) is 9.24. The van der Waals surface area contributed by atoms with Crippen LogP contribution in [0.25, 0.3) is 20.9 Å². The van der Waals surface area contributed by atoms with E-state index in [-0.39, 0.29) is 5.75 Å².